The summed E-state index contributed by atoms with van der Waals surface area (Å²) in [5.74, 6) is 1.15. The molecule has 1 amide bonds. The largest absolute Gasteiger partial charge is 0.394 e. The van der Waals surface area contributed by atoms with E-state index in [1.807, 2.05) is 17.2 Å². The van der Waals surface area contributed by atoms with Gasteiger partial charge < -0.3 is 30.4 Å². The molecule has 3 heterocycles. The van der Waals surface area contributed by atoms with Crippen molar-refractivity contribution in [2.45, 2.75) is 78.4 Å². The molecule has 222 valence electrons. The van der Waals surface area contributed by atoms with Gasteiger partial charge in [0.25, 0.3) is 0 Å². The first kappa shape index (κ1) is 30.5. The second kappa shape index (κ2) is 14.4. The van der Waals surface area contributed by atoms with Gasteiger partial charge in [-0.3, -0.25) is 9.69 Å². The molecule has 1 aliphatic rings. The first-order chi connectivity index (χ1) is 19.8. The number of nitrogens with one attached hydrogen (secondary N) is 1. The van der Waals surface area contributed by atoms with Crippen LogP contribution in [0.3, 0.4) is 0 Å². The van der Waals surface area contributed by atoms with Gasteiger partial charge in [-0.25, -0.2) is 4.98 Å². The number of benzene rings is 1. The fourth-order valence-electron chi connectivity index (χ4n) is 5.45. The number of ketones is 1. The molecule has 10 nitrogen and oxygen atoms in total. The van der Waals surface area contributed by atoms with Crippen LogP contribution < -0.4 is 11.1 Å². The third-order valence-corrected chi connectivity index (χ3v) is 7.90. The monoisotopic (exact) mass is 563 g/mol. The van der Waals surface area contributed by atoms with Crippen molar-refractivity contribution in [2.75, 3.05) is 43.8 Å². The van der Waals surface area contributed by atoms with E-state index in [1.54, 1.807) is 6.92 Å². The summed E-state index contributed by atoms with van der Waals surface area (Å²) in [6, 6.07) is 8.48. The fraction of sp³-hybridized carbons (Fsp3) is 0.548. The van der Waals surface area contributed by atoms with E-state index in [4.69, 9.17) is 5.73 Å². The number of fused-ring (bicyclic) bond motifs is 1. The first-order valence-corrected chi connectivity index (χ1v) is 14.8. The van der Waals surface area contributed by atoms with Gasteiger partial charge in [-0.15, -0.1) is 0 Å². The van der Waals surface area contributed by atoms with Crippen LogP contribution in [0.4, 0.5) is 11.8 Å². The number of nitrogens with zero attached hydrogens (tertiary/aromatic N) is 5. The number of anilines is 2. The minimum atomic E-state index is -0.0998. The van der Waals surface area contributed by atoms with Crippen molar-refractivity contribution < 1.29 is 14.7 Å². The Morgan fingerprint density at radius 1 is 1.07 bits per heavy atom. The second-order valence-corrected chi connectivity index (χ2v) is 11.2. The summed E-state index contributed by atoms with van der Waals surface area (Å²) in [5, 5.41) is 13.3. The Balaban J connectivity index is 1.43. The standard InChI is InChI=1S/C31H45N7O3/c1-4-5-8-26(21-39)33-30-29-27(34-31(32)35-30)12-13-38(29)20-25-18-24(11-10-22(25)2)19-36-14-16-37(17-15-36)28(41)9-6-7-23(3)40/h10-13,18,26,39H,4-9,14-17,19-21H2,1-3H3,(H3,32,33,34,35)/t26-/m0/s1. The third-order valence-electron chi connectivity index (χ3n) is 7.90. The molecule has 1 saturated heterocycles. The van der Waals surface area contributed by atoms with Crippen LogP contribution in [0.25, 0.3) is 11.0 Å². The van der Waals surface area contributed by atoms with Crippen LogP contribution in [0.2, 0.25) is 0 Å². The Morgan fingerprint density at radius 3 is 2.56 bits per heavy atom. The lowest BCUT2D eigenvalue weighted by Gasteiger charge is -2.35. The minimum absolute atomic E-state index is 0.0234. The zero-order chi connectivity index (χ0) is 29.4. The first-order valence-electron chi connectivity index (χ1n) is 14.8. The lowest BCUT2D eigenvalue weighted by molar-refractivity contribution is -0.133. The zero-order valence-electron chi connectivity index (χ0n) is 24.7. The Labute approximate surface area is 242 Å². The van der Waals surface area contributed by atoms with Crippen molar-refractivity contribution >= 4 is 34.5 Å². The van der Waals surface area contributed by atoms with Gasteiger partial charge in [0.2, 0.25) is 11.9 Å². The molecular formula is C31H45N7O3. The highest BCUT2D eigenvalue weighted by atomic mass is 16.3. The molecule has 1 aromatic carbocycles. The number of piperazine rings is 1. The molecule has 4 N–H and O–H groups in total. The molecule has 4 rings (SSSR count). The summed E-state index contributed by atoms with van der Waals surface area (Å²) >= 11 is 0. The molecular weight excluding hydrogens is 518 g/mol. The average molecular weight is 564 g/mol. The summed E-state index contributed by atoms with van der Waals surface area (Å²) < 4.78 is 2.15. The van der Waals surface area contributed by atoms with Crippen LogP contribution in [0, 0.1) is 6.92 Å². The van der Waals surface area contributed by atoms with Crippen LogP contribution in [0.15, 0.2) is 30.5 Å². The number of aliphatic hydroxyl groups excluding tert-OH is 1. The number of aromatic nitrogens is 3. The highest BCUT2D eigenvalue weighted by Crippen LogP contribution is 2.26. The van der Waals surface area contributed by atoms with E-state index < -0.39 is 0 Å². The van der Waals surface area contributed by atoms with E-state index in [2.05, 4.69) is 56.8 Å². The number of amides is 1. The number of carbonyl (C=O) groups excluding carboxylic acids is 2. The third kappa shape index (κ3) is 8.27. The SMILES string of the molecule is CCCC[C@@H](CO)Nc1nc(N)nc2ccn(Cc3cc(CN4CCN(C(=O)CCCC(C)=O)CC4)ccc3C)c12. The molecule has 0 saturated carbocycles. The van der Waals surface area contributed by atoms with Gasteiger partial charge in [-0.1, -0.05) is 38.0 Å². The number of Topliss-reactive ketones (excluding diaryl/α,β-unsaturated/α-hetero) is 1. The predicted octanol–water partition coefficient (Wildman–Crippen LogP) is 3.74. The van der Waals surface area contributed by atoms with Crippen LogP contribution in [-0.4, -0.2) is 80.0 Å². The van der Waals surface area contributed by atoms with Crippen molar-refractivity contribution in [2.24, 2.45) is 0 Å². The summed E-state index contributed by atoms with van der Waals surface area (Å²) in [7, 11) is 0. The van der Waals surface area contributed by atoms with Crippen LogP contribution in [-0.2, 0) is 22.7 Å². The molecule has 1 fully saturated rings. The molecule has 0 aliphatic carbocycles. The molecule has 0 unspecified atom stereocenters. The molecule has 1 aliphatic heterocycles. The molecule has 1 atom stereocenters. The normalized spacial score (nSPS) is 14.9. The van der Waals surface area contributed by atoms with E-state index in [0.717, 1.165) is 63.0 Å². The van der Waals surface area contributed by atoms with Gasteiger partial charge in [0.05, 0.1) is 18.2 Å². The van der Waals surface area contributed by atoms with Crippen LogP contribution in [0.1, 0.15) is 69.1 Å². The second-order valence-electron chi connectivity index (χ2n) is 11.2. The van der Waals surface area contributed by atoms with Gasteiger partial charge in [0, 0.05) is 58.3 Å². The van der Waals surface area contributed by atoms with Gasteiger partial charge in [-0.2, -0.15) is 4.98 Å². The number of nitrogen functional groups attached to an aromatic ring is 1. The summed E-state index contributed by atoms with van der Waals surface area (Å²) in [4.78, 5) is 36.9. The Morgan fingerprint density at radius 2 is 1.85 bits per heavy atom. The maximum absolute atomic E-state index is 12.5. The van der Waals surface area contributed by atoms with Gasteiger partial charge in [0.15, 0.2) is 5.82 Å². The van der Waals surface area contributed by atoms with Gasteiger partial charge >= 0.3 is 0 Å². The number of hydrogen-bond acceptors (Lipinski definition) is 8. The van der Waals surface area contributed by atoms with E-state index >= 15 is 0 Å². The van der Waals surface area contributed by atoms with Gasteiger partial charge in [0.1, 0.15) is 11.3 Å². The number of rotatable bonds is 14. The predicted molar refractivity (Wildman–Crippen MR) is 163 cm³/mol. The van der Waals surface area contributed by atoms with Crippen molar-refractivity contribution in [1.29, 1.82) is 0 Å². The number of carbonyl (C=O) groups is 2. The smallest absolute Gasteiger partial charge is 0.222 e. The quantitative estimate of drug-likeness (QED) is 0.271. The van der Waals surface area contributed by atoms with Crippen molar-refractivity contribution in [1.82, 2.24) is 24.3 Å². The molecule has 3 aromatic rings. The molecule has 0 spiro atoms. The number of aryl methyl sites for hydroxylation is 1. The number of unbranched alkanes of at least 4 members (excludes halogenated alkanes) is 1. The molecule has 10 heteroatoms. The highest BCUT2D eigenvalue weighted by Gasteiger charge is 2.21. The molecule has 0 radical (unpaired) electrons. The van der Waals surface area contributed by atoms with E-state index in [9.17, 15) is 14.7 Å². The lowest BCUT2D eigenvalue weighted by Crippen LogP contribution is -2.48. The zero-order valence-corrected chi connectivity index (χ0v) is 24.7. The Hall–Kier alpha value is -3.50. The Bertz CT molecular complexity index is 1330. The highest BCUT2D eigenvalue weighted by molar-refractivity contribution is 5.87. The number of hydrogen-bond donors (Lipinski definition) is 3. The topological polar surface area (TPSA) is 130 Å². The van der Waals surface area contributed by atoms with E-state index in [1.165, 1.54) is 16.7 Å². The van der Waals surface area contributed by atoms with Crippen LogP contribution in [0.5, 0.6) is 0 Å². The maximum atomic E-state index is 12.5. The summed E-state index contributed by atoms with van der Waals surface area (Å²) in [6.45, 7) is 10.5. The van der Waals surface area contributed by atoms with Gasteiger partial charge in [-0.05, 0) is 49.4 Å². The minimum Gasteiger partial charge on any atom is -0.394 e. The molecule has 0 bridgehead atoms. The fourth-order valence-corrected chi connectivity index (χ4v) is 5.45. The Kier molecular flexibility index (Phi) is 10.7. The lowest BCUT2D eigenvalue weighted by atomic mass is 10.0. The summed E-state index contributed by atoms with van der Waals surface area (Å²) in [5.41, 5.74) is 11.3. The van der Waals surface area contributed by atoms with Crippen molar-refractivity contribution in [3.63, 3.8) is 0 Å². The number of aliphatic hydroxyl groups is 1. The molecule has 41 heavy (non-hydrogen) atoms. The summed E-state index contributed by atoms with van der Waals surface area (Å²) in [6.07, 6.45) is 6.49. The van der Waals surface area contributed by atoms with Crippen molar-refractivity contribution in [3.05, 3.63) is 47.2 Å². The average Bonchev–Trinajstić information content (AvgIpc) is 3.35. The maximum Gasteiger partial charge on any atom is 0.222 e. The van der Waals surface area contributed by atoms with Crippen molar-refractivity contribution in [3.8, 4) is 0 Å². The number of nitrogens with two attached hydrogens (primary N) is 1. The van der Waals surface area contributed by atoms with E-state index in [0.29, 0.717) is 31.6 Å². The molecule has 2 aromatic heterocycles. The van der Waals surface area contributed by atoms with Crippen LogP contribution >= 0.6 is 0 Å². The van der Waals surface area contributed by atoms with E-state index in [-0.39, 0.29) is 30.3 Å².